The molecule has 9 nitrogen and oxygen atoms in total. The lowest BCUT2D eigenvalue weighted by Crippen LogP contribution is -2.33. The third-order valence-electron chi connectivity index (χ3n) is 6.09. The predicted octanol–water partition coefficient (Wildman–Crippen LogP) is 4.92. The van der Waals surface area contributed by atoms with Crippen molar-refractivity contribution in [2.24, 2.45) is 0 Å². The van der Waals surface area contributed by atoms with Crippen molar-refractivity contribution >= 4 is 12.4 Å². The normalized spacial score (nSPS) is 14.0. The van der Waals surface area contributed by atoms with Crippen molar-refractivity contribution in [2.45, 2.75) is 45.8 Å². The second-order valence-corrected chi connectivity index (χ2v) is 8.94. The molecule has 0 bridgehead atoms. The fourth-order valence-electron chi connectivity index (χ4n) is 4.27. The van der Waals surface area contributed by atoms with Gasteiger partial charge in [-0.1, -0.05) is 18.6 Å². The van der Waals surface area contributed by atoms with Crippen LogP contribution in [0.15, 0.2) is 48.8 Å². The highest BCUT2D eigenvalue weighted by Gasteiger charge is 2.18. The van der Waals surface area contributed by atoms with Crippen LogP contribution in [0.2, 0.25) is 0 Å². The molecule has 4 rings (SSSR count). The Morgan fingerprint density at radius 3 is 2.64 bits per heavy atom. The third kappa shape index (κ3) is 6.28. The first kappa shape index (κ1) is 25.4. The minimum absolute atomic E-state index is 0.0924. The van der Waals surface area contributed by atoms with Crippen LogP contribution in [0.1, 0.15) is 55.1 Å². The van der Waals surface area contributed by atoms with Gasteiger partial charge in [0.1, 0.15) is 24.7 Å². The molecule has 3 aromatic rings. The Labute approximate surface area is 211 Å². The van der Waals surface area contributed by atoms with Gasteiger partial charge in [0.05, 0.1) is 17.0 Å². The van der Waals surface area contributed by atoms with E-state index >= 15 is 0 Å². The molecule has 0 spiro atoms. The van der Waals surface area contributed by atoms with E-state index in [1.54, 1.807) is 30.6 Å². The molecule has 2 aromatic heterocycles. The van der Waals surface area contributed by atoms with E-state index in [1.807, 2.05) is 22.9 Å². The Balaban J connectivity index is 1.41. The number of nitrogens with zero attached hydrogens (tertiary/aromatic N) is 4. The van der Waals surface area contributed by atoms with E-state index in [0.717, 1.165) is 30.0 Å². The van der Waals surface area contributed by atoms with Crippen LogP contribution in [0, 0.1) is 0 Å². The second kappa shape index (κ2) is 12.3. The van der Waals surface area contributed by atoms with E-state index in [0.29, 0.717) is 18.6 Å². The predicted molar refractivity (Wildman–Crippen MR) is 134 cm³/mol. The molecular weight excluding hydrogens is 460 g/mol. The topological polar surface area (TPSA) is 95.8 Å². The first-order valence-electron chi connectivity index (χ1n) is 12.3. The average molecular weight is 493 g/mol. The number of aldehydes is 1. The minimum Gasteiger partial charge on any atom is -0.488 e. The molecule has 3 heterocycles. The molecule has 9 heteroatoms. The van der Waals surface area contributed by atoms with Gasteiger partial charge in [0.15, 0.2) is 6.29 Å². The Bertz CT molecular complexity index is 1170. The number of ether oxygens (including phenoxy) is 3. The van der Waals surface area contributed by atoms with Crippen LogP contribution in [0.3, 0.4) is 0 Å². The van der Waals surface area contributed by atoms with Gasteiger partial charge in [0, 0.05) is 30.5 Å². The highest BCUT2D eigenvalue weighted by Crippen LogP contribution is 2.29. The van der Waals surface area contributed by atoms with Crippen LogP contribution < -0.4 is 9.47 Å². The molecule has 1 aromatic carbocycles. The number of hydrogen-bond acceptors (Lipinski definition) is 8. The van der Waals surface area contributed by atoms with E-state index in [2.05, 4.69) is 28.8 Å². The molecule has 190 valence electrons. The zero-order valence-corrected chi connectivity index (χ0v) is 20.8. The van der Waals surface area contributed by atoms with Gasteiger partial charge in [-0.25, -0.2) is 4.79 Å². The summed E-state index contributed by atoms with van der Waals surface area (Å²) >= 11 is 0. The molecule has 0 radical (unpaired) electrons. The van der Waals surface area contributed by atoms with Crippen LogP contribution in [-0.4, -0.2) is 58.3 Å². The van der Waals surface area contributed by atoms with Gasteiger partial charge in [-0.15, -0.1) is 0 Å². The molecular formula is C27H32N4O5. The van der Waals surface area contributed by atoms with E-state index in [4.69, 9.17) is 14.2 Å². The van der Waals surface area contributed by atoms with Crippen molar-refractivity contribution in [3.8, 4) is 22.9 Å². The SMILES string of the molecule is CC(C)n1nccc1-c1ncccc1COc1cccc(OC(=O)OCCN2CCCCC2)c1C=O. The largest absolute Gasteiger partial charge is 0.513 e. The molecule has 36 heavy (non-hydrogen) atoms. The summed E-state index contributed by atoms with van der Waals surface area (Å²) in [6, 6.07) is 10.7. The fraction of sp³-hybridized carbons (Fsp3) is 0.407. The standard InChI is InChI=1S/C27H32N4O5/c1-20(2)31-23(11-13-29-31)26-21(8-7-12-28-26)19-35-24-9-6-10-25(22(24)18-32)36-27(33)34-17-16-30-14-4-3-5-15-30/h6-13,18,20H,3-5,14-17,19H2,1-2H3. The van der Waals surface area contributed by atoms with Crippen molar-refractivity contribution < 1.29 is 23.8 Å². The molecule has 1 saturated heterocycles. The van der Waals surface area contributed by atoms with Crippen molar-refractivity contribution in [3.05, 3.63) is 59.9 Å². The first-order chi connectivity index (χ1) is 17.6. The Kier molecular flexibility index (Phi) is 8.67. The second-order valence-electron chi connectivity index (χ2n) is 8.94. The summed E-state index contributed by atoms with van der Waals surface area (Å²) in [6.07, 6.45) is 6.82. The van der Waals surface area contributed by atoms with Crippen LogP contribution in [-0.2, 0) is 11.3 Å². The monoisotopic (exact) mass is 492 g/mol. The maximum atomic E-state index is 12.2. The summed E-state index contributed by atoms with van der Waals surface area (Å²) in [5, 5.41) is 4.39. The molecule has 1 aliphatic heterocycles. The third-order valence-corrected chi connectivity index (χ3v) is 6.09. The van der Waals surface area contributed by atoms with Crippen molar-refractivity contribution in [3.63, 3.8) is 0 Å². The zero-order valence-electron chi connectivity index (χ0n) is 20.8. The molecule has 1 fully saturated rings. The molecule has 0 amide bonds. The molecule has 0 aliphatic carbocycles. The lowest BCUT2D eigenvalue weighted by molar-refractivity contribution is 0.0832. The summed E-state index contributed by atoms with van der Waals surface area (Å²) in [5.74, 6) is 0.394. The number of likely N-dealkylation sites (tertiary alicyclic amines) is 1. The number of aromatic nitrogens is 3. The molecule has 1 aliphatic rings. The molecule has 0 N–H and O–H groups in total. The highest BCUT2D eigenvalue weighted by molar-refractivity contribution is 5.85. The number of piperidine rings is 1. The zero-order chi connectivity index (χ0) is 25.3. The lowest BCUT2D eigenvalue weighted by Gasteiger charge is -2.25. The highest BCUT2D eigenvalue weighted by atomic mass is 16.7. The molecule has 0 atom stereocenters. The van der Waals surface area contributed by atoms with Crippen molar-refractivity contribution in [1.29, 1.82) is 0 Å². The van der Waals surface area contributed by atoms with Gasteiger partial charge in [-0.2, -0.15) is 5.10 Å². The minimum atomic E-state index is -0.844. The number of carbonyl (C=O) groups is 2. The van der Waals surface area contributed by atoms with E-state index in [9.17, 15) is 9.59 Å². The van der Waals surface area contributed by atoms with Gasteiger partial charge in [0.2, 0.25) is 0 Å². The Morgan fingerprint density at radius 2 is 1.86 bits per heavy atom. The van der Waals surface area contributed by atoms with Crippen LogP contribution in [0.25, 0.3) is 11.4 Å². The maximum Gasteiger partial charge on any atom is 0.513 e. The Morgan fingerprint density at radius 1 is 1.06 bits per heavy atom. The van der Waals surface area contributed by atoms with Crippen LogP contribution in [0.5, 0.6) is 11.5 Å². The van der Waals surface area contributed by atoms with Gasteiger partial charge < -0.3 is 14.2 Å². The van der Waals surface area contributed by atoms with E-state index in [1.165, 1.54) is 19.3 Å². The summed E-state index contributed by atoms with van der Waals surface area (Å²) in [7, 11) is 0. The maximum absolute atomic E-state index is 12.2. The average Bonchev–Trinajstić information content (AvgIpc) is 3.39. The van der Waals surface area contributed by atoms with E-state index < -0.39 is 6.16 Å². The van der Waals surface area contributed by atoms with Gasteiger partial charge in [0.25, 0.3) is 0 Å². The molecule has 0 saturated carbocycles. The lowest BCUT2D eigenvalue weighted by atomic mass is 10.1. The quantitative estimate of drug-likeness (QED) is 0.224. The van der Waals surface area contributed by atoms with Gasteiger partial charge >= 0.3 is 6.16 Å². The van der Waals surface area contributed by atoms with Crippen molar-refractivity contribution in [2.75, 3.05) is 26.2 Å². The fourth-order valence-corrected chi connectivity index (χ4v) is 4.27. The number of benzene rings is 1. The summed E-state index contributed by atoms with van der Waals surface area (Å²) < 4.78 is 18.5. The van der Waals surface area contributed by atoms with Gasteiger partial charge in [-0.05, 0) is 64.0 Å². The number of carbonyl (C=O) groups excluding carboxylic acids is 2. The molecule has 0 unspecified atom stereocenters. The van der Waals surface area contributed by atoms with Crippen LogP contribution >= 0.6 is 0 Å². The summed E-state index contributed by atoms with van der Waals surface area (Å²) in [4.78, 5) is 30.9. The van der Waals surface area contributed by atoms with Crippen LogP contribution in [0.4, 0.5) is 4.79 Å². The van der Waals surface area contributed by atoms with E-state index in [-0.39, 0.29) is 30.6 Å². The smallest absolute Gasteiger partial charge is 0.488 e. The summed E-state index contributed by atoms with van der Waals surface area (Å²) in [5.41, 5.74) is 2.61. The Hall–Kier alpha value is -3.72. The number of pyridine rings is 1. The first-order valence-corrected chi connectivity index (χ1v) is 12.3. The summed E-state index contributed by atoms with van der Waals surface area (Å²) in [6.45, 7) is 7.21. The number of rotatable bonds is 10. The van der Waals surface area contributed by atoms with Gasteiger partial charge in [-0.3, -0.25) is 19.4 Å². The van der Waals surface area contributed by atoms with Crippen molar-refractivity contribution in [1.82, 2.24) is 19.7 Å². The number of hydrogen-bond donors (Lipinski definition) is 0.